The maximum Gasteiger partial charge on any atom is 0.178 e. The van der Waals surface area contributed by atoms with Gasteiger partial charge in [0, 0.05) is 44.7 Å². The number of rotatable bonds is 8. The van der Waals surface area contributed by atoms with Crippen molar-refractivity contribution < 1.29 is 9.53 Å². The van der Waals surface area contributed by atoms with Gasteiger partial charge in [0.1, 0.15) is 12.0 Å². The minimum absolute atomic E-state index is 0.622. The number of hydrogen-bond acceptors (Lipinski definition) is 3. The minimum atomic E-state index is -0.965. The number of para-hydroxylation sites is 2. The SMILES string of the molecule is Cc1ccc(C2(c3ccc(C)cc3)c3cc(N(c4ccccc4)c4ccccc4)ccc3-c3c2c2c(c4ccccc34)OC(c3ccccc3)(c3ccc(C=O)cc3)C=C2)cc1. The minimum Gasteiger partial charge on any atom is -0.472 e. The third-order valence-corrected chi connectivity index (χ3v) is 12.9. The Hall–Kier alpha value is -7.75. The molecule has 0 N–H and O–H groups in total. The van der Waals surface area contributed by atoms with E-state index in [1.165, 1.54) is 44.5 Å². The molecule has 2 aliphatic rings. The van der Waals surface area contributed by atoms with Crippen molar-refractivity contribution in [1.29, 1.82) is 0 Å². The summed E-state index contributed by atoms with van der Waals surface area (Å²) in [5.74, 6) is 0.831. The van der Waals surface area contributed by atoms with Gasteiger partial charge in [0.25, 0.3) is 0 Å². The lowest BCUT2D eigenvalue weighted by molar-refractivity contribution is 0.112. The molecule has 11 rings (SSSR count). The van der Waals surface area contributed by atoms with Gasteiger partial charge in [-0.15, -0.1) is 0 Å². The van der Waals surface area contributed by atoms with Crippen LogP contribution in [0.25, 0.3) is 28.0 Å². The number of carbonyl (C=O) groups is 1. The highest BCUT2D eigenvalue weighted by atomic mass is 16.5. The number of ether oxygens (including phenoxy) is 1. The van der Waals surface area contributed by atoms with E-state index in [2.05, 4.69) is 207 Å². The van der Waals surface area contributed by atoms with Crippen molar-refractivity contribution in [2.45, 2.75) is 24.9 Å². The Morgan fingerprint density at radius 2 is 1.02 bits per heavy atom. The quantitative estimate of drug-likeness (QED) is 0.143. The van der Waals surface area contributed by atoms with Crippen LogP contribution in [0.15, 0.2) is 212 Å². The van der Waals surface area contributed by atoms with Crippen LogP contribution in [0, 0.1) is 13.8 Å². The molecule has 3 nitrogen and oxygen atoms in total. The molecule has 9 aromatic rings. The summed E-state index contributed by atoms with van der Waals surface area (Å²) in [6.07, 6.45) is 5.43. The maximum absolute atomic E-state index is 11.8. The number of aryl methyl sites for hydroxylation is 2. The molecule has 0 aromatic heterocycles. The summed E-state index contributed by atoms with van der Waals surface area (Å²) >= 11 is 0. The third kappa shape index (κ3) is 5.69. The summed E-state index contributed by atoms with van der Waals surface area (Å²) < 4.78 is 7.70. The number of aldehydes is 1. The van der Waals surface area contributed by atoms with Crippen LogP contribution < -0.4 is 9.64 Å². The van der Waals surface area contributed by atoms with Gasteiger partial charge in [0.15, 0.2) is 5.60 Å². The van der Waals surface area contributed by atoms with Crippen LogP contribution in [0.5, 0.6) is 5.75 Å². The summed E-state index contributed by atoms with van der Waals surface area (Å²) in [5, 5.41) is 2.18. The molecule has 1 aliphatic carbocycles. The number of benzene rings is 9. The first kappa shape index (κ1) is 37.3. The van der Waals surface area contributed by atoms with Gasteiger partial charge in [-0.05, 0) is 95.1 Å². The zero-order chi connectivity index (χ0) is 41.8. The molecule has 0 radical (unpaired) electrons. The fourth-order valence-corrected chi connectivity index (χ4v) is 10.0. The van der Waals surface area contributed by atoms with Gasteiger partial charge < -0.3 is 9.64 Å². The van der Waals surface area contributed by atoms with E-state index >= 15 is 0 Å². The fraction of sp³-hybridized carbons (Fsp3) is 0.0678. The van der Waals surface area contributed by atoms with Crippen molar-refractivity contribution in [3.63, 3.8) is 0 Å². The van der Waals surface area contributed by atoms with E-state index in [1.54, 1.807) is 0 Å². The van der Waals surface area contributed by atoms with Gasteiger partial charge in [0.2, 0.25) is 0 Å². The van der Waals surface area contributed by atoms with Crippen molar-refractivity contribution in [2.75, 3.05) is 4.90 Å². The first-order chi connectivity index (χ1) is 30.5. The summed E-state index contributed by atoms with van der Waals surface area (Å²) in [7, 11) is 0. The normalized spacial score (nSPS) is 15.6. The molecule has 1 aliphatic heterocycles. The van der Waals surface area contributed by atoms with Gasteiger partial charge in [0.05, 0.1) is 5.41 Å². The van der Waals surface area contributed by atoms with Crippen LogP contribution in [0.4, 0.5) is 17.1 Å². The lowest BCUT2D eigenvalue weighted by atomic mass is 9.65. The van der Waals surface area contributed by atoms with E-state index in [0.29, 0.717) is 5.56 Å². The van der Waals surface area contributed by atoms with Gasteiger partial charge in [-0.2, -0.15) is 0 Å². The van der Waals surface area contributed by atoms with Crippen molar-refractivity contribution in [3.8, 4) is 16.9 Å². The first-order valence-electron chi connectivity index (χ1n) is 21.3. The number of carbonyl (C=O) groups excluding carboxylic acids is 1. The molecule has 0 spiro atoms. The van der Waals surface area contributed by atoms with Gasteiger partial charge >= 0.3 is 0 Å². The second-order valence-corrected chi connectivity index (χ2v) is 16.5. The first-order valence-corrected chi connectivity index (χ1v) is 21.3. The molecule has 296 valence electrons. The predicted octanol–water partition coefficient (Wildman–Crippen LogP) is 14.5. The standard InChI is InChI=1S/C59H43NO2/c1-40-22-28-45(29-23-40)59(46-30-24-41(2)25-31-46)54-38-49(60(47-16-8-4-9-17-47)48-18-10-5-11-19-48)34-35-52(54)55-50-20-12-13-21-51(50)57-53(56(55)59)36-37-58(62-57,43-14-6-3-7-15-43)44-32-26-42(39-61)27-33-44/h3-39H,1-2H3. The van der Waals surface area contributed by atoms with E-state index in [0.717, 1.165) is 56.6 Å². The Bertz CT molecular complexity index is 3070. The van der Waals surface area contributed by atoms with Gasteiger partial charge in [-0.25, -0.2) is 0 Å². The van der Waals surface area contributed by atoms with Crippen LogP contribution in [0.3, 0.4) is 0 Å². The monoisotopic (exact) mass is 797 g/mol. The highest BCUT2D eigenvalue weighted by Crippen LogP contribution is 2.63. The second kappa shape index (κ2) is 14.8. The average molecular weight is 798 g/mol. The van der Waals surface area contributed by atoms with Gasteiger partial charge in [-0.1, -0.05) is 187 Å². The van der Waals surface area contributed by atoms with E-state index in [9.17, 15) is 4.79 Å². The van der Waals surface area contributed by atoms with Crippen LogP contribution in [-0.2, 0) is 11.0 Å². The molecule has 62 heavy (non-hydrogen) atoms. The van der Waals surface area contributed by atoms with E-state index in [1.807, 2.05) is 30.3 Å². The molecule has 3 heteroatoms. The summed E-state index contributed by atoms with van der Waals surface area (Å²) in [5.41, 5.74) is 14.8. The zero-order valence-electron chi connectivity index (χ0n) is 34.6. The van der Waals surface area contributed by atoms with Crippen molar-refractivity contribution in [3.05, 3.63) is 268 Å². The van der Waals surface area contributed by atoms with Gasteiger partial charge in [-0.3, -0.25) is 4.79 Å². The topological polar surface area (TPSA) is 29.5 Å². The Morgan fingerprint density at radius 3 is 1.60 bits per heavy atom. The molecule has 0 amide bonds. The highest BCUT2D eigenvalue weighted by Gasteiger charge is 2.51. The Balaban J connectivity index is 1.26. The average Bonchev–Trinajstić information content (AvgIpc) is 3.64. The Kier molecular flexibility index (Phi) is 8.87. The highest BCUT2D eigenvalue weighted by molar-refractivity contribution is 6.10. The van der Waals surface area contributed by atoms with Crippen LogP contribution in [0.2, 0.25) is 0 Å². The summed E-state index contributed by atoms with van der Waals surface area (Å²) in [6, 6.07) is 73.6. The molecule has 9 aromatic carbocycles. The lowest BCUT2D eigenvalue weighted by Gasteiger charge is -2.40. The van der Waals surface area contributed by atoms with Crippen molar-refractivity contribution in [1.82, 2.24) is 0 Å². The second-order valence-electron chi connectivity index (χ2n) is 16.5. The summed E-state index contributed by atoms with van der Waals surface area (Å²) in [4.78, 5) is 14.2. The number of fused-ring (bicyclic) bond motifs is 8. The molecule has 1 unspecified atom stereocenters. The smallest absolute Gasteiger partial charge is 0.178 e. The number of nitrogens with zero attached hydrogens (tertiary/aromatic N) is 1. The molecular weight excluding hydrogens is 755 g/mol. The van der Waals surface area contributed by atoms with Crippen molar-refractivity contribution in [2.24, 2.45) is 0 Å². The number of anilines is 3. The zero-order valence-corrected chi connectivity index (χ0v) is 34.6. The van der Waals surface area contributed by atoms with E-state index < -0.39 is 11.0 Å². The molecular formula is C59H43NO2. The molecule has 0 bridgehead atoms. The van der Waals surface area contributed by atoms with Crippen LogP contribution >= 0.6 is 0 Å². The van der Waals surface area contributed by atoms with E-state index in [4.69, 9.17) is 4.74 Å². The van der Waals surface area contributed by atoms with Crippen molar-refractivity contribution >= 4 is 40.2 Å². The molecule has 0 fully saturated rings. The Morgan fingerprint density at radius 1 is 0.500 bits per heavy atom. The summed E-state index contributed by atoms with van der Waals surface area (Å²) in [6.45, 7) is 4.32. The number of hydrogen-bond donors (Lipinski definition) is 0. The largest absolute Gasteiger partial charge is 0.472 e. The van der Waals surface area contributed by atoms with E-state index in [-0.39, 0.29) is 0 Å². The molecule has 0 saturated heterocycles. The fourth-order valence-electron chi connectivity index (χ4n) is 10.0. The molecule has 1 heterocycles. The van der Waals surface area contributed by atoms with Crippen LogP contribution in [-0.4, -0.2) is 6.29 Å². The molecule has 0 saturated carbocycles. The van der Waals surface area contributed by atoms with Crippen LogP contribution in [0.1, 0.15) is 60.4 Å². The predicted molar refractivity (Wildman–Crippen MR) is 254 cm³/mol. The Labute approximate surface area is 362 Å². The third-order valence-electron chi connectivity index (χ3n) is 12.9. The maximum atomic E-state index is 11.8. The lowest BCUT2D eigenvalue weighted by Crippen LogP contribution is -2.36. The molecule has 1 atom stereocenters.